The maximum atomic E-state index is 11.8. The van der Waals surface area contributed by atoms with Crippen molar-refractivity contribution in [3.8, 4) is 5.75 Å². The van der Waals surface area contributed by atoms with Gasteiger partial charge in [-0.15, -0.1) is 0 Å². The van der Waals surface area contributed by atoms with Crippen LogP contribution >= 0.6 is 0 Å². The Bertz CT molecular complexity index is 689. The molecule has 0 bridgehead atoms. The van der Waals surface area contributed by atoms with E-state index >= 15 is 0 Å². The topological polar surface area (TPSA) is 83.0 Å². The zero-order valence-corrected chi connectivity index (χ0v) is 15.3. The van der Waals surface area contributed by atoms with Gasteiger partial charge in [-0.2, -0.15) is 0 Å². The smallest absolute Gasteiger partial charge is 0.214 e. The summed E-state index contributed by atoms with van der Waals surface area (Å²) < 4.78 is 30.4. The summed E-state index contributed by atoms with van der Waals surface area (Å²) in [5.41, 5.74) is 2.18. The first-order valence-electron chi connectivity index (χ1n) is 8.02. The van der Waals surface area contributed by atoms with Gasteiger partial charge in [0.2, 0.25) is 10.0 Å². The van der Waals surface area contributed by atoms with Crippen LogP contribution in [0.4, 0.5) is 0 Å². The number of nitrogens with zero attached hydrogens (tertiary/aromatic N) is 2. The number of benzene rings is 1. The van der Waals surface area contributed by atoms with Crippen molar-refractivity contribution >= 4 is 16.0 Å². The van der Waals surface area contributed by atoms with Crippen molar-refractivity contribution in [3.63, 3.8) is 0 Å². The molecule has 1 fully saturated rings. The van der Waals surface area contributed by atoms with E-state index in [4.69, 9.17) is 4.74 Å². The zero-order valence-electron chi connectivity index (χ0n) is 14.5. The Hall–Kier alpha value is -1.80. The van der Waals surface area contributed by atoms with Crippen molar-refractivity contribution in [1.29, 1.82) is 0 Å². The fourth-order valence-electron chi connectivity index (χ4n) is 2.64. The predicted molar refractivity (Wildman–Crippen MR) is 95.9 cm³/mol. The first-order chi connectivity index (χ1) is 11.5. The van der Waals surface area contributed by atoms with Crippen LogP contribution in [0.15, 0.2) is 23.2 Å². The minimum atomic E-state index is -3.04. The average molecular weight is 354 g/mol. The normalized spacial score (nSPS) is 17.7. The molecule has 7 nitrogen and oxygen atoms in total. The average Bonchev–Trinajstić information content (AvgIpc) is 2.90. The third kappa shape index (κ3) is 4.85. The first kappa shape index (κ1) is 18.5. The van der Waals surface area contributed by atoms with Crippen molar-refractivity contribution < 1.29 is 13.2 Å². The van der Waals surface area contributed by atoms with Gasteiger partial charge in [-0.3, -0.25) is 4.99 Å². The van der Waals surface area contributed by atoms with Crippen LogP contribution in [-0.2, 0) is 16.6 Å². The van der Waals surface area contributed by atoms with Crippen LogP contribution in [0.3, 0.4) is 0 Å². The van der Waals surface area contributed by atoms with Crippen molar-refractivity contribution in [1.82, 2.24) is 14.9 Å². The molecule has 0 atom stereocenters. The Balaban J connectivity index is 1.83. The second kappa shape index (κ2) is 8.34. The molecule has 1 aliphatic rings. The number of rotatable bonds is 6. The van der Waals surface area contributed by atoms with E-state index in [0.29, 0.717) is 38.6 Å². The van der Waals surface area contributed by atoms with Gasteiger partial charge >= 0.3 is 0 Å². The molecule has 0 radical (unpaired) electrons. The molecule has 134 valence electrons. The van der Waals surface area contributed by atoms with E-state index in [-0.39, 0.29) is 5.75 Å². The van der Waals surface area contributed by atoms with Gasteiger partial charge in [0.05, 0.1) is 12.9 Å². The fourth-order valence-corrected chi connectivity index (χ4v) is 4.17. The van der Waals surface area contributed by atoms with Gasteiger partial charge in [-0.25, -0.2) is 12.7 Å². The molecule has 1 aromatic rings. The second-order valence-electron chi connectivity index (χ2n) is 5.74. The minimum absolute atomic E-state index is 0.257. The molecule has 0 unspecified atom stereocenters. The minimum Gasteiger partial charge on any atom is -0.496 e. The maximum absolute atomic E-state index is 11.8. The van der Waals surface area contributed by atoms with E-state index in [9.17, 15) is 8.42 Å². The lowest BCUT2D eigenvalue weighted by Crippen LogP contribution is -2.41. The lowest BCUT2D eigenvalue weighted by molar-refractivity contribution is 0.408. The molecule has 8 heteroatoms. The fraction of sp³-hybridized carbons (Fsp3) is 0.562. The number of methoxy groups -OCH3 is 1. The highest BCUT2D eigenvalue weighted by atomic mass is 32.2. The molecule has 0 aromatic heterocycles. The Labute approximate surface area is 144 Å². The largest absolute Gasteiger partial charge is 0.496 e. The van der Waals surface area contributed by atoms with Gasteiger partial charge < -0.3 is 15.4 Å². The van der Waals surface area contributed by atoms with Crippen LogP contribution < -0.4 is 15.4 Å². The van der Waals surface area contributed by atoms with Gasteiger partial charge in [0.15, 0.2) is 5.96 Å². The van der Waals surface area contributed by atoms with Crippen LogP contribution in [0.25, 0.3) is 0 Å². The number of hydrogen-bond donors (Lipinski definition) is 2. The van der Waals surface area contributed by atoms with Crippen molar-refractivity contribution in [3.05, 3.63) is 29.3 Å². The number of guanidine groups is 1. The first-order valence-corrected chi connectivity index (χ1v) is 9.63. The summed E-state index contributed by atoms with van der Waals surface area (Å²) in [6.45, 7) is 4.18. The quantitative estimate of drug-likeness (QED) is 0.581. The van der Waals surface area contributed by atoms with E-state index in [0.717, 1.165) is 16.9 Å². The summed E-state index contributed by atoms with van der Waals surface area (Å²) in [4.78, 5) is 4.16. The maximum Gasteiger partial charge on any atom is 0.214 e. The molecular formula is C16H26N4O3S. The monoisotopic (exact) mass is 354 g/mol. The van der Waals surface area contributed by atoms with Crippen molar-refractivity contribution in [2.24, 2.45) is 4.99 Å². The number of ether oxygens (including phenoxy) is 1. The summed E-state index contributed by atoms with van der Waals surface area (Å²) >= 11 is 0. The van der Waals surface area contributed by atoms with E-state index in [2.05, 4.69) is 15.6 Å². The zero-order chi connectivity index (χ0) is 17.6. The Morgan fingerprint density at radius 2 is 2.17 bits per heavy atom. The summed E-state index contributed by atoms with van der Waals surface area (Å²) in [5, 5.41) is 6.36. The molecule has 24 heavy (non-hydrogen) atoms. The van der Waals surface area contributed by atoms with Crippen LogP contribution in [0, 0.1) is 6.92 Å². The Morgan fingerprint density at radius 3 is 2.79 bits per heavy atom. The van der Waals surface area contributed by atoms with Crippen LogP contribution in [0.2, 0.25) is 0 Å². The number of aryl methyl sites for hydroxylation is 1. The van der Waals surface area contributed by atoms with Gasteiger partial charge in [0.1, 0.15) is 5.75 Å². The number of sulfonamides is 1. The van der Waals surface area contributed by atoms with E-state index in [1.54, 1.807) is 14.2 Å². The second-order valence-corrected chi connectivity index (χ2v) is 7.82. The standard InChI is InChI=1S/C16H26N4O3S/c1-13-5-6-14(15(11-13)23-3)12-19-16(17-2)18-7-9-20-8-4-10-24(20,21)22/h5-6,11H,4,7-10,12H2,1-3H3,(H2,17,18,19). The van der Waals surface area contributed by atoms with Crippen LogP contribution in [-0.4, -0.2) is 58.2 Å². The molecule has 0 amide bonds. The van der Waals surface area contributed by atoms with Crippen LogP contribution in [0.1, 0.15) is 17.5 Å². The van der Waals surface area contributed by atoms with Crippen molar-refractivity contribution in [2.75, 3.05) is 39.5 Å². The SMILES string of the molecule is CN=C(NCCN1CCCS1(=O)=O)NCc1ccc(C)cc1OC. The summed E-state index contributed by atoms with van der Waals surface area (Å²) in [5.74, 6) is 1.73. The molecule has 0 spiro atoms. The van der Waals surface area contributed by atoms with E-state index in [1.165, 1.54) is 4.31 Å². The predicted octanol–water partition coefficient (Wildman–Crippen LogP) is 0.704. The molecule has 2 N–H and O–H groups in total. The number of hydrogen-bond acceptors (Lipinski definition) is 4. The summed E-state index contributed by atoms with van der Waals surface area (Å²) in [7, 11) is 0.300. The summed E-state index contributed by atoms with van der Waals surface area (Å²) in [6.07, 6.45) is 0.711. The van der Waals surface area contributed by atoms with Gasteiger partial charge in [0, 0.05) is 38.8 Å². The highest BCUT2D eigenvalue weighted by molar-refractivity contribution is 7.89. The highest BCUT2D eigenvalue weighted by Gasteiger charge is 2.27. The van der Waals surface area contributed by atoms with Crippen molar-refractivity contribution in [2.45, 2.75) is 19.9 Å². The Kier molecular flexibility index (Phi) is 6.44. The van der Waals surface area contributed by atoms with Gasteiger partial charge in [-0.05, 0) is 25.0 Å². The lowest BCUT2D eigenvalue weighted by atomic mass is 10.1. The van der Waals surface area contributed by atoms with E-state index < -0.39 is 10.0 Å². The molecule has 0 aliphatic carbocycles. The third-order valence-electron chi connectivity index (χ3n) is 3.97. The lowest BCUT2D eigenvalue weighted by Gasteiger charge is -2.17. The molecule has 1 saturated heterocycles. The third-order valence-corrected chi connectivity index (χ3v) is 5.93. The molecular weight excluding hydrogens is 328 g/mol. The molecule has 0 saturated carbocycles. The Morgan fingerprint density at radius 1 is 1.38 bits per heavy atom. The molecule has 2 rings (SSSR count). The number of aliphatic imine (C=N–C) groups is 1. The number of nitrogens with one attached hydrogen (secondary N) is 2. The molecule has 1 aliphatic heterocycles. The van der Waals surface area contributed by atoms with Gasteiger partial charge in [-0.1, -0.05) is 12.1 Å². The highest BCUT2D eigenvalue weighted by Crippen LogP contribution is 2.19. The molecule has 1 heterocycles. The molecule has 1 aromatic carbocycles. The van der Waals surface area contributed by atoms with Crippen LogP contribution in [0.5, 0.6) is 5.75 Å². The van der Waals surface area contributed by atoms with Gasteiger partial charge in [0.25, 0.3) is 0 Å². The van der Waals surface area contributed by atoms with E-state index in [1.807, 2.05) is 25.1 Å². The summed E-state index contributed by atoms with van der Waals surface area (Å²) in [6, 6.07) is 6.05.